The molecule has 0 radical (unpaired) electrons. The average molecular weight is 249 g/mol. The summed E-state index contributed by atoms with van der Waals surface area (Å²) < 4.78 is 0. The van der Waals surface area contributed by atoms with Crippen molar-refractivity contribution in [2.45, 2.75) is 13.3 Å². The lowest BCUT2D eigenvalue weighted by atomic mass is 10.1. The molecule has 98 valence electrons. The zero-order chi connectivity index (χ0) is 13.1. The summed E-state index contributed by atoms with van der Waals surface area (Å²) in [6.45, 7) is 4.56. The third-order valence-electron chi connectivity index (χ3n) is 3.52. The molecule has 1 aliphatic heterocycles. The van der Waals surface area contributed by atoms with Crippen molar-refractivity contribution in [3.05, 3.63) is 33.9 Å². The van der Waals surface area contributed by atoms with E-state index in [2.05, 4.69) is 10.2 Å². The number of nitro groups is 1. The molecule has 5 nitrogen and oxygen atoms in total. The van der Waals surface area contributed by atoms with Crippen LogP contribution in [0.4, 0.5) is 11.4 Å². The largest absolute Gasteiger partial charge is 0.366 e. The van der Waals surface area contributed by atoms with Crippen LogP contribution in [0.3, 0.4) is 0 Å². The van der Waals surface area contributed by atoms with Crippen LogP contribution in [0.2, 0.25) is 0 Å². The summed E-state index contributed by atoms with van der Waals surface area (Å²) in [6.07, 6.45) is 1.09. The molecule has 1 unspecified atom stereocenters. The molecular weight excluding hydrogens is 230 g/mol. The van der Waals surface area contributed by atoms with E-state index in [0.29, 0.717) is 5.92 Å². The Morgan fingerprint density at radius 2 is 2.33 bits per heavy atom. The van der Waals surface area contributed by atoms with Crippen LogP contribution in [0.5, 0.6) is 0 Å². The molecule has 0 aromatic heterocycles. The standard InChI is InChI=1S/C13H19N3O2/c1-10-4-3-5-12(13(10)16(17)18)15-7-6-11(9-15)8-14-2/h3-5,11,14H,6-9H2,1-2H3. The predicted octanol–water partition coefficient (Wildman–Crippen LogP) is 1.95. The lowest BCUT2D eigenvalue weighted by Gasteiger charge is -2.19. The van der Waals surface area contributed by atoms with Gasteiger partial charge in [0.1, 0.15) is 5.69 Å². The minimum atomic E-state index is -0.268. The van der Waals surface area contributed by atoms with Crippen LogP contribution in [0.15, 0.2) is 18.2 Å². The molecule has 1 aromatic carbocycles. The number of para-hydroxylation sites is 1. The second-order valence-corrected chi connectivity index (χ2v) is 4.86. The van der Waals surface area contributed by atoms with Gasteiger partial charge in [-0.1, -0.05) is 12.1 Å². The van der Waals surface area contributed by atoms with Crippen molar-refractivity contribution in [3.8, 4) is 0 Å². The van der Waals surface area contributed by atoms with Crippen LogP contribution < -0.4 is 10.2 Å². The van der Waals surface area contributed by atoms with Gasteiger partial charge in [-0.25, -0.2) is 0 Å². The number of hydrogen-bond donors (Lipinski definition) is 1. The van der Waals surface area contributed by atoms with E-state index in [1.54, 1.807) is 13.0 Å². The fourth-order valence-electron chi connectivity index (χ4n) is 2.64. The molecule has 18 heavy (non-hydrogen) atoms. The third-order valence-corrected chi connectivity index (χ3v) is 3.52. The molecule has 0 spiro atoms. The van der Waals surface area contributed by atoms with Gasteiger partial charge in [0, 0.05) is 18.7 Å². The maximum atomic E-state index is 11.2. The molecule has 1 saturated heterocycles. The van der Waals surface area contributed by atoms with Gasteiger partial charge in [0.05, 0.1) is 4.92 Å². The molecular formula is C13H19N3O2. The number of anilines is 1. The Hall–Kier alpha value is -1.62. The highest BCUT2D eigenvalue weighted by Gasteiger charge is 2.28. The van der Waals surface area contributed by atoms with E-state index in [0.717, 1.165) is 37.3 Å². The van der Waals surface area contributed by atoms with Gasteiger partial charge in [-0.15, -0.1) is 0 Å². The molecule has 2 rings (SSSR count). The van der Waals surface area contributed by atoms with Crippen molar-refractivity contribution in [2.75, 3.05) is 31.6 Å². The Morgan fingerprint density at radius 1 is 1.56 bits per heavy atom. The molecule has 1 fully saturated rings. The molecule has 0 bridgehead atoms. The second-order valence-electron chi connectivity index (χ2n) is 4.86. The first-order chi connectivity index (χ1) is 8.63. The zero-order valence-electron chi connectivity index (χ0n) is 10.8. The Labute approximate surface area is 107 Å². The first kappa shape index (κ1) is 12.8. The van der Waals surface area contributed by atoms with Crippen molar-refractivity contribution < 1.29 is 4.92 Å². The molecule has 1 aliphatic rings. The van der Waals surface area contributed by atoms with Gasteiger partial charge in [-0.3, -0.25) is 10.1 Å². The summed E-state index contributed by atoms with van der Waals surface area (Å²) in [6, 6.07) is 5.54. The maximum absolute atomic E-state index is 11.2. The van der Waals surface area contributed by atoms with Gasteiger partial charge in [-0.2, -0.15) is 0 Å². The number of nitrogens with one attached hydrogen (secondary N) is 1. The van der Waals surface area contributed by atoms with Crippen molar-refractivity contribution in [2.24, 2.45) is 5.92 Å². The molecule has 0 aliphatic carbocycles. The van der Waals surface area contributed by atoms with E-state index >= 15 is 0 Å². The van der Waals surface area contributed by atoms with Gasteiger partial charge < -0.3 is 10.2 Å². The molecule has 0 saturated carbocycles. The van der Waals surface area contributed by atoms with Crippen LogP contribution >= 0.6 is 0 Å². The lowest BCUT2D eigenvalue weighted by Crippen LogP contribution is -2.24. The number of hydrogen-bond acceptors (Lipinski definition) is 4. The van der Waals surface area contributed by atoms with Crippen LogP contribution in [0, 0.1) is 23.0 Å². The van der Waals surface area contributed by atoms with E-state index in [-0.39, 0.29) is 10.6 Å². The third kappa shape index (κ3) is 2.46. The number of nitro benzene ring substituents is 1. The van der Waals surface area contributed by atoms with Gasteiger partial charge in [-0.05, 0) is 38.9 Å². The number of nitrogens with zero attached hydrogens (tertiary/aromatic N) is 2. The van der Waals surface area contributed by atoms with Gasteiger partial charge >= 0.3 is 0 Å². The van der Waals surface area contributed by atoms with Crippen LogP contribution in [-0.4, -0.2) is 31.6 Å². The molecule has 1 N–H and O–H groups in total. The van der Waals surface area contributed by atoms with Crippen LogP contribution in [-0.2, 0) is 0 Å². The van der Waals surface area contributed by atoms with Gasteiger partial charge in [0.15, 0.2) is 0 Å². The second kappa shape index (κ2) is 5.35. The topological polar surface area (TPSA) is 58.4 Å². The van der Waals surface area contributed by atoms with E-state index in [4.69, 9.17) is 0 Å². The van der Waals surface area contributed by atoms with Gasteiger partial charge in [0.2, 0.25) is 0 Å². The van der Waals surface area contributed by atoms with Crippen molar-refractivity contribution >= 4 is 11.4 Å². The van der Waals surface area contributed by atoms with Crippen molar-refractivity contribution in [3.63, 3.8) is 0 Å². The fraction of sp³-hybridized carbons (Fsp3) is 0.538. The van der Waals surface area contributed by atoms with E-state index in [9.17, 15) is 10.1 Å². The Bertz CT molecular complexity index is 448. The number of benzene rings is 1. The Morgan fingerprint density at radius 3 is 3.00 bits per heavy atom. The summed E-state index contributed by atoms with van der Waals surface area (Å²) in [5, 5.41) is 14.3. The fourth-order valence-corrected chi connectivity index (χ4v) is 2.64. The van der Waals surface area contributed by atoms with E-state index in [1.165, 1.54) is 0 Å². The average Bonchev–Trinajstić information content (AvgIpc) is 2.77. The van der Waals surface area contributed by atoms with E-state index in [1.807, 2.05) is 19.2 Å². The Kier molecular flexibility index (Phi) is 3.81. The van der Waals surface area contributed by atoms with E-state index < -0.39 is 0 Å². The van der Waals surface area contributed by atoms with Crippen molar-refractivity contribution in [1.29, 1.82) is 0 Å². The highest BCUT2D eigenvalue weighted by Crippen LogP contribution is 2.34. The first-order valence-electron chi connectivity index (χ1n) is 6.27. The summed E-state index contributed by atoms with van der Waals surface area (Å²) in [5.41, 5.74) is 1.75. The lowest BCUT2D eigenvalue weighted by molar-refractivity contribution is -0.384. The summed E-state index contributed by atoms with van der Waals surface area (Å²) in [4.78, 5) is 13.0. The van der Waals surface area contributed by atoms with Crippen LogP contribution in [0.1, 0.15) is 12.0 Å². The minimum Gasteiger partial charge on any atom is -0.366 e. The molecule has 1 aromatic rings. The normalized spacial score (nSPS) is 19.2. The maximum Gasteiger partial charge on any atom is 0.295 e. The highest BCUT2D eigenvalue weighted by atomic mass is 16.6. The van der Waals surface area contributed by atoms with Crippen molar-refractivity contribution in [1.82, 2.24) is 5.32 Å². The zero-order valence-corrected chi connectivity index (χ0v) is 10.8. The summed E-state index contributed by atoms with van der Waals surface area (Å²) in [7, 11) is 1.94. The smallest absolute Gasteiger partial charge is 0.295 e. The number of aryl methyl sites for hydroxylation is 1. The monoisotopic (exact) mass is 249 g/mol. The summed E-state index contributed by atoms with van der Waals surface area (Å²) in [5.74, 6) is 0.579. The predicted molar refractivity (Wildman–Crippen MR) is 72.1 cm³/mol. The summed E-state index contributed by atoms with van der Waals surface area (Å²) >= 11 is 0. The molecule has 1 heterocycles. The molecule has 0 amide bonds. The first-order valence-corrected chi connectivity index (χ1v) is 6.27. The SMILES string of the molecule is CNCC1CCN(c2cccc(C)c2[N+](=O)[O-])C1. The van der Waals surface area contributed by atoms with Gasteiger partial charge in [0.25, 0.3) is 5.69 Å². The van der Waals surface area contributed by atoms with Crippen LogP contribution in [0.25, 0.3) is 0 Å². The minimum absolute atomic E-state index is 0.252. The molecule has 1 atom stereocenters. The number of rotatable bonds is 4. The quantitative estimate of drug-likeness (QED) is 0.654. The Balaban J connectivity index is 2.24. The highest BCUT2D eigenvalue weighted by molar-refractivity contribution is 5.67. The molecule has 5 heteroatoms.